The van der Waals surface area contributed by atoms with Gasteiger partial charge in [0, 0.05) is 22.3 Å². The highest BCUT2D eigenvalue weighted by Gasteiger charge is 2.27. The summed E-state index contributed by atoms with van der Waals surface area (Å²) in [5.74, 6) is -1.53. The molecule has 4 rings (SSSR count). The highest BCUT2D eigenvalue weighted by molar-refractivity contribution is 7.89. The van der Waals surface area contributed by atoms with Crippen LogP contribution in [0.1, 0.15) is 17.1 Å². The second-order valence-corrected chi connectivity index (χ2v) is 12.1. The molecule has 0 saturated heterocycles. The lowest BCUT2D eigenvalue weighted by atomic mass is 10.2. The molecule has 0 bridgehead atoms. The molecule has 12 nitrogen and oxygen atoms in total. The topological polar surface area (TPSA) is 159 Å². The molecular formula is C30H27Cl2N5O7S. The Bertz CT molecular complexity index is 1780. The Morgan fingerprint density at radius 1 is 0.933 bits per heavy atom. The Morgan fingerprint density at radius 3 is 2.29 bits per heavy atom. The molecule has 4 aromatic rings. The molecule has 3 amide bonds. The van der Waals surface area contributed by atoms with Crippen LogP contribution < -0.4 is 20.8 Å². The number of ether oxygens (including phenoxy) is 1. The van der Waals surface area contributed by atoms with Gasteiger partial charge in [0.2, 0.25) is 10.0 Å². The number of hydrazone groups is 1. The maximum Gasteiger partial charge on any atom is 0.313 e. The molecule has 0 saturated carbocycles. The number of benzene rings is 3. The van der Waals surface area contributed by atoms with E-state index in [0.29, 0.717) is 27.1 Å². The summed E-state index contributed by atoms with van der Waals surface area (Å²) in [5, 5.41) is 9.25. The smallest absolute Gasteiger partial charge is 0.313 e. The number of halogens is 2. The van der Waals surface area contributed by atoms with Gasteiger partial charge in [-0.2, -0.15) is 9.41 Å². The molecule has 0 aliphatic heterocycles. The van der Waals surface area contributed by atoms with Crippen LogP contribution in [0.3, 0.4) is 0 Å². The lowest BCUT2D eigenvalue weighted by Crippen LogP contribution is -2.39. The van der Waals surface area contributed by atoms with Gasteiger partial charge in [0.1, 0.15) is 17.3 Å². The lowest BCUT2D eigenvalue weighted by Gasteiger charge is -2.21. The Hall–Kier alpha value is -4.69. The van der Waals surface area contributed by atoms with Crippen molar-refractivity contribution in [3.05, 3.63) is 112 Å². The van der Waals surface area contributed by atoms with Crippen molar-refractivity contribution in [2.75, 3.05) is 19.0 Å². The Morgan fingerprint density at radius 2 is 1.62 bits per heavy atom. The van der Waals surface area contributed by atoms with Crippen LogP contribution in [0.25, 0.3) is 0 Å². The highest BCUT2D eigenvalue weighted by Crippen LogP contribution is 2.23. The minimum absolute atomic E-state index is 0.00270. The minimum Gasteiger partial charge on any atom is -0.497 e. The molecule has 45 heavy (non-hydrogen) atoms. The monoisotopic (exact) mass is 671 g/mol. The summed E-state index contributed by atoms with van der Waals surface area (Å²) in [7, 11) is -2.59. The molecule has 234 valence electrons. The van der Waals surface area contributed by atoms with Crippen LogP contribution in [-0.2, 0) is 37.5 Å². The predicted molar refractivity (Wildman–Crippen MR) is 168 cm³/mol. The van der Waals surface area contributed by atoms with Gasteiger partial charge in [-0.05, 0) is 60.2 Å². The number of methoxy groups -OCH3 is 1. The number of amides is 3. The molecule has 3 aromatic carbocycles. The Balaban J connectivity index is 1.32. The molecule has 0 fully saturated rings. The van der Waals surface area contributed by atoms with Crippen LogP contribution in [0.2, 0.25) is 10.0 Å². The van der Waals surface area contributed by atoms with Crippen LogP contribution in [0, 0.1) is 0 Å². The van der Waals surface area contributed by atoms with E-state index in [-0.39, 0.29) is 29.4 Å². The normalized spacial score (nSPS) is 11.4. The predicted octanol–water partition coefficient (Wildman–Crippen LogP) is 4.19. The van der Waals surface area contributed by atoms with E-state index in [0.717, 1.165) is 4.31 Å². The zero-order valence-corrected chi connectivity index (χ0v) is 26.0. The van der Waals surface area contributed by atoms with Gasteiger partial charge < -0.3 is 19.8 Å². The molecule has 1 heterocycles. The van der Waals surface area contributed by atoms with Crippen LogP contribution in [0.5, 0.6) is 5.75 Å². The first-order valence-electron chi connectivity index (χ1n) is 13.2. The number of sulfonamides is 1. The van der Waals surface area contributed by atoms with E-state index < -0.39 is 34.3 Å². The van der Waals surface area contributed by atoms with Crippen LogP contribution in [-0.4, -0.2) is 50.3 Å². The molecule has 15 heteroatoms. The maximum atomic E-state index is 13.4. The van der Waals surface area contributed by atoms with Crippen LogP contribution in [0.4, 0.5) is 5.69 Å². The molecule has 0 unspecified atom stereocenters. The second kappa shape index (κ2) is 15.3. The van der Waals surface area contributed by atoms with E-state index in [1.54, 1.807) is 36.4 Å². The Labute approximate surface area is 269 Å². The van der Waals surface area contributed by atoms with Crippen molar-refractivity contribution in [2.45, 2.75) is 18.0 Å². The van der Waals surface area contributed by atoms with Crippen molar-refractivity contribution in [3.63, 3.8) is 0 Å². The Kier molecular flexibility index (Phi) is 11.3. The molecular weight excluding hydrogens is 645 g/mol. The molecule has 0 atom stereocenters. The summed E-state index contributed by atoms with van der Waals surface area (Å²) in [4.78, 5) is 37.1. The molecule has 0 aliphatic carbocycles. The largest absolute Gasteiger partial charge is 0.497 e. The summed E-state index contributed by atoms with van der Waals surface area (Å²) in [6.45, 7) is -0.676. The van der Waals surface area contributed by atoms with Gasteiger partial charge in [-0.25, -0.2) is 13.8 Å². The van der Waals surface area contributed by atoms with Gasteiger partial charge in [0.25, 0.3) is 5.91 Å². The quantitative estimate of drug-likeness (QED) is 0.116. The van der Waals surface area contributed by atoms with Crippen molar-refractivity contribution in [1.82, 2.24) is 15.0 Å². The maximum absolute atomic E-state index is 13.4. The number of nitrogens with one attached hydrogen (secondary N) is 3. The van der Waals surface area contributed by atoms with Gasteiger partial charge in [0.05, 0.1) is 31.3 Å². The number of anilines is 1. The van der Waals surface area contributed by atoms with Crippen molar-refractivity contribution < 1.29 is 32.0 Å². The van der Waals surface area contributed by atoms with Crippen molar-refractivity contribution in [2.24, 2.45) is 5.10 Å². The fourth-order valence-corrected chi connectivity index (χ4v) is 5.80. The number of hydrogen-bond acceptors (Lipinski definition) is 8. The third kappa shape index (κ3) is 9.65. The third-order valence-electron chi connectivity index (χ3n) is 6.03. The molecule has 0 radical (unpaired) electrons. The summed E-state index contributed by atoms with van der Waals surface area (Å²) in [6, 6.07) is 22.1. The van der Waals surface area contributed by atoms with E-state index in [9.17, 15) is 22.8 Å². The number of furan rings is 1. The molecule has 3 N–H and O–H groups in total. The average molecular weight is 673 g/mol. The standard InChI is InChI=1S/C30H27Cl2N5O7S/c1-43-24-9-11-27(12-10-24)45(41,42)37(18-20-5-3-2-4-6-20)19-28(38)36-34-17-26-8-7-25(44-26)16-33-29(39)30(40)35-23-14-21(31)13-22(32)15-23/h2-15,17H,16,18-19H2,1H3,(H,33,39)(H,35,40)(H,36,38)/b34-17-. The second-order valence-electron chi connectivity index (χ2n) is 9.33. The fraction of sp³-hybridized carbons (Fsp3) is 0.133. The number of carbonyl (C=O) groups is 3. The van der Waals surface area contributed by atoms with Gasteiger partial charge in [-0.3, -0.25) is 14.4 Å². The molecule has 1 aromatic heterocycles. The minimum atomic E-state index is -4.06. The number of nitrogens with zero attached hydrogens (tertiary/aromatic N) is 2. The highest BCUT2D eigenvalue weighted by atomic mass is 35.5. The van der Waals surface area contributed by atoms with Gasteiger partial charge in [-0.1, -0.05) is 53.5 Å². The van der Waals surface area contributed by atoms with Crippen molar-refractivity contribution >= 4 is 62.8 Å². The zero-order valence-electron chi connectivity index (χ0n) is 23.7. The summed E-state index contributed by atoms with van der Waals surface area (Å²) in [6.07, 6.45) is 1.21. The third-order valence-corrected chi connectivity index (χ3v) is 8.27. The fourth-order valence-electron chi connectivity index (χ4n) is 3.89. The first-order chi connectivity index (χ1) is 21.5. The number of rotatable bonds is 12. The van der Waals surface area contributed by atoms with E-state index in [2.05, 4.69) is 21.2 Å². The summed E-state index contributed by atoms with van der Waals surface area (Å²) in [5.41, 5.74) is 3.24. The van der Waals surface area contributed by atoms with E-state index >= 15 is 0 Å². The molecule has 0 spiro atoms. The zero-order chi connectivity index (χ0) is 32.4. The van der Waals surface area contributed by atoms with Gasteiger partial charge >= 0.3 is 11.8 Å². The average Bonchev–Trinajstić information content (AvgIpc) is 3.47. The summed E-state index contributed by atoms with van der Waals surface area (Å²) < 4.78 is 38.5. The van der Waals surface area contributed by atoms with Crippen molar-refractivity contribution in [3.8, 4) is 5.75 Å². The van der Waals surface area contributed by atoms with E-state index in [1.165, 1.54) is 61.9 Å². The van der Waals surface area contributed by atoms with E-state index in [4.69, 9.17) is 32.4 Å². The summed E-state index contributed by atoms with van der Waals surface area (Å²) >= 11 is 11.8. The SMILES string of the molecule is COc1ccc(S(=O)(=O)N(CC(=O)N/N=C\c2ccc(CNC(=O)C(=O)Nc3cc(Cl)cc(Cl)c3)o2)Cc2ccccc2)cc1. The first-order valence-corrected chi connectivity index (χ1v) is 15.4. The van der Waals surface area contributed by atoms with Gasteiger partial charge in [0.15, 0.2) is 0 Å². The van der Waals surface area contributed by atoms with Gasteiger partial charge in [-0.15, -0.1) is 0 Å². The van der Waals surface area contributed by atoms with Crippen LogP contribution in [0.15, 0.2) is 99.3 Å². The first kappa shape index (κ1) is 33.2. The van der Waals surface area contributed by atoms with Crippen molar-refractivity contribution in [1.29, 1.82) is 0 Å². The number of hydrogen-bond donors (Lipinski definition) is 3. The lowest BCUT2D eigenvalue weighted by molar-refractivity contribution is -0.136. The number of carbonyl (C=O) groups excluding carboxylic acids is 3. The van der Waals surface area contributed by atoms with E-state index in [1.807, 2.05) is 0 Å². The van der Waals surface area contributed by atoms with Crippen LogP contribution >= 0.6 is 23.2 Å². The molecule has 0 aliphatic rings.